The maximum Gasteiger partial charge on any atom is 0.187 e. The fourth-order valence-electron chi connectivity index (χ4n) is 1.49. The van der Waals surface area contributed by atoms with E-state index in [1.54, 1.807) is 23.9 Å². The number of benzene rings is 1. The van der Waals surface area contributed by atoms with Crippen molar-refractivity contribution in [3.05, 3.63) is 47.8 Å². The summed E-state index contributed by atoms with van der Waals surface area (Å²) in [4.78, 5) is 8.47. The molecule has 0 saturated carbocycles. The Kier molecular flexibility index (Phi) is 5.39. The largest absolute Gasteiger partial charge is 0.494 e. The molecule has 0 atom stereocenters. The van der Waals surface area contributed by atoms with Crippen LogP contribution in [0.15, 0.2) is 41.8 Å². The molecule has 0 radical (unpaired) electrons. The molecule has 0 bridgehead atoms. The zero-order chi connectivity index (χ0) is 14.2. The molecule has 0 aliphatic heterocycles. The Morgan fingerprint density at radius 3 is 2.55 bits per heavy atom. The predicted molar refractivity (Wildman–Crippen MR) is 78.8 cm³/mol. The second kappa shape index (κ2) is 7.51. The van der Waals surface area contributed by atoms with E-state index in [0.29, 0.717) is 12.2 Å². The van der Waals surface area contributed by atoms with Gasteiger partial charge in [-0.2, -0.15) is 5.26 Å². The second-order valence-electron chi connectivity index (χ2n) is 4.23. The third-order valence-electron chi connectivity index (χ3n) is 2.53. The first kappa shape index (κ1) is 14.4. The minimum absolute atomic E-state index is 0.643. The number of nitrogens with zero attached hydrogens (tertiary/aromatic N) is 3. The number of thioether (sulfide) groups is 1. The smallest absolute Gasteiger partial charge is 0.187 e. The average Bonchev–Trinajstić information content (AvgIpc) is 2.49. The Balaban J connectivity index is 1.66. The van der Waals surface area contributed by atoms with Crippen molar-refractivity contribution in [1.29, 1.82) is 5.26 Å². The summed E-state index contributed by atoms with van der Waals surface area (Å²) >= 11 is 1.63. The van der Waals surface area contributed by atoms with Gasteiger partial charge in [0.25, 0.3) is 0 Å². The lowest BCUT2D eigenvalue weighted by Gasteiger charge is -2.05. The van der Waals surface area contributed by atoms with Gasteiger partial charge in [-0.15, -0.1) is 0 Å². The fraction of sp³-hybridized carbons (Fsp3) is 0.267. The summed E-state index contributed by atoms with van der Waals surface area (Å²) in [5, 5.41) is 9.49. The third-order valence-corrected chi connectivity index (χ3v) is 3.49. The first-order chi connectivity index (χ1) is 9.78. The Hall–Kier alpha value is -2.06. The van der Waals surface area contributed by atoms with Crippen molar-refractivity contribution in [3.63, 3.8) is 0 Å². The van der Waals surface area contributed by atoms with Gasteiger partial charge in [0.15, 0.2) is 5.16 Å². The molecule has 0 saturated heterocycles. The molecule has 2 rings (SSSR count). The molecule has 0 unspecified atom stereocenters. The second-order valence-corrected chi connectivity index (χ2v) is 5.29. The predicted octanol–water partition coefficient (Wildman–Crippen LogP) is 3.22. The van der Waals surface area contributed by atoms with Crippen LogP contribution in [0.4, 0.5) is 0 Å². The lowest BCUT2D eigenvalue weighted by Crippen LogP contribution is -1.99. The molecule has 1 aromatic carbocycles. The summed E-state index contributed by atoms with van der Waals surface area (Å²) < 4.78 is 5.60. The summed E-state index contributed by atoms with van der Waals surface area (Å²) in [6, 6.07) is 9.22. The topological polar surface area (TPSA) is 58.8 Å². The van der Waals surface area contributed by atoms with Crippen molar-refractivity contribution in [3.8, 4) is 11.8 Å². The zero-order valence-corrected chi connectivity index (χ0v) is 12.1. The van der Waals surface area contributed by atoms with Crippen LogP contribution in [0.3, 0.4) is 0 Å². The molecule has 1 aromatic heterocycles. The summed E-state index contributed by atoms with van der Waals surface area (Å²) in [5.41, 5.74) is 1.71. The molecule has 102 valence electrons. The first-order valence-electron chi connectivity index (χ1n) is 6.32. The molecule has 0 amide bonds. The Morgan fingerprint density at radius 1 is 1.20 bits per heavy atom. The number of aryl methyl sites for hydroxylation is 1. The molecule has 0 spiro atoms. The lowest BCUT2D eigenvalue weighted by molar-refractivity contribution is 0.318. The van der Waals surface area contributed by atoms with Crippen LogP contribution in [0, 0.1) is 18.3 Å². The minimum Gasteiger partial charge on any atom is -0.494 e. The van der Waals surface area contributed by atoms with Gasteiger partial charge in [0.05, 0.1) is 18.2 Å². The minimum atomic E-state index is 0.643. The van der Waals surface area contributed by atoms with E-state index in [1.165, 1.54) is 0 Å². The van der Waals surface area contributed by atoms with Crippen LogP contribution in [-0.4, -0.2) is 22.3 Å². The van der Waals surface area contributed by atoms with Gasteiger partial charge < -0.3 is 4.74 Å². The quantitative estimate of drug-likeness (QED) is 0.463. The number of aromatic nitrogens is 2. The number of ether oxygens (including phenoxy) is 1. The SMILES string of the molecule is Cc1cnc(SCCCOc2ccc(C#N)cc2)nc1. The van der Waals surface area contributed by atoms with Crippen LogP contribution >= 0.6 is 11.8 Å². The van der Waals surface area contributed by atoms with Gasteiger partial charge in [0.1, 0.15) is 5.75 Å². The van der Waals surface area contributed by atoms with Gasteiger partial charge >= 0.3 is 0 Å². The summed E-state index contributed by atoms with van der Waals surface area (Å²) in [5.74, 6) is 1.71. The highest BCUT2D eigenvalue weighted by molar-refractivity contribution is 7.99. The van der Waals surface area contributed by atoms with Gasteiger partial charge in [-0.3, -0.25) is 0 Å². The van der Waals surface area contributed by atoms with E-state index in [0.717, 1.165) is 28.6 Å². The lowest BCUT2D eigenvalue weighted by atomic mass is 10.2. The number of nitriles is 1. The van der Waals surface area contributed by atoms with Crippen molar-refractivity contribution in [1.82, 2.24) is 9.97 Å². The van der Waals surface area contributed by atoms with E-state index in [9.17, 15) is 0 Å². The summed E-state index contributed by atoms with van der Waals surface area (Å²) in [6.45, 7) is 2.62. The molecule has 0 aliphatic carbocycles. The molecular weight excluding hydrogens is 270 g/mol. The van der Waals surface area contributed by atoms with Gasteiger partial charge in [0.2, 0.25) is 0 Å². The first-order valence-corrected chi connectivity index (χ1v) is 7.31. The average molecular weight is 285 g/mol. The van der Waals surface area contributed by atoms with Crippen LogP contribution in [0.1, 0.15) is 17.5 Å². The molecule has 0 aliphatic rings. The van der Waals surface area contributed by atoms with E-state index in [-0.39, 0.29) is 0 Å². The van der Waals surface area contributed by atoms with E-state index < -0.39 is 0 Å². The molecular formula is C15H15N3OS. The van der Waals surface area contributed by atoms with Gasteiger partial charge in [0, 0.05) is 18.1 Å². The molecule has 0 N–H and O–H groups in total. The maximum atomic E-state index is 8.69. The maximum absolute atomic E-state index is 8.69. The molecule has 20 heavy (non-hydrogen) atoms. The molecule has 2 aromatic rings. The number of rotatable bonds is 6. The molecule has 4 nitrogen and oxygen atoms in total. The Bertz CT molecular complexity index is 576. The summed E-state index contributed by atoms with van der Waals surface area (Å²) in [7, 11) is 0. The highest BCUT2D eigenvalue weighted by Gasteiger charge is 1.98. The van der Waals surface area contributed by atoms with Gasteiger partial charge in [-0.05, 0) is 43.2 Å². The van der Waals surface area contributed by atoms with Crippen molar-refractivity contribution in [2.45, 2.75) is 18.5 Å². The number of hydrogen-bond donors (Lipinski definition) is 0. The van der Waals surface area contributed by atoms with E-state index >= 15 is 0 Å². The zero-order valence-electron chi connectivity index (χ0n) is 11.2. The monoisotopic (exact) mass is 285 g/mol. The van der Waals surface area contributed by atoms with Gasteiger partial charge in [-0.25, -0.2) is 9.97 Å². The Labute approximate surface area is 122 Å². The number of hydrogen-bond acceptors (Lipinski definition) is 5. The summed E-state index contributed by atoms with van der Waals surface area (Å²) in [6.07, 6.45) is 4.56. The van der Waals surface area contributed by atoms with E-state index in [4.69, 9.17) is 10.00 Å². The standard InChI is InChI=1S/C15H15N3OS/c1-12-10-17-15(18-11-12)20-8-2-7-19-14-5-3-13(9-16)4-6-14/h3-6,10-11H,2,7-8H2,1H3. The van der Waals surface area contributed by atoms with E-state index in [1.807, 2.05) is 31.5 Å². The van der Waals surface area contributed by atoms with E-state index in [2.05, 4.69) is 16.0 Å². The highest BCUT2D eigenvalue weighted by atomic mass is 32.2. The van der Waals surface area contributed by atoms with Gasteiger partial charge in [-0.1, -0.05) is 11.8 Å². The Morgan fingerprint density at radius 2 is 1.90 bits per heavy atom. The van der Waals surface area contributed by atoms with Crippen LogP contribution in [0.2, 0.25) is 0 Å². The van der Waals surface area contributed by atoms with Crippen molar-refractivity contribution < 1.29 is 4.74 Å². The fourth-order valence-corrected chi connectivity index (χ4v) is 2.19. The van der Waals surface area contributed by atoms with Crippen molar-refractivity contribution in [2.75, 3.05) is 12.4 Å². The van der Waals surface area contributed by atoms with Crippen LogP contribution < -0.4 is 4.74 Å². The van der Waals surface area contributed by atoms with Crippen molar-refractivity contribution in [2.24, 2.45) is 0 Å². The van der Waals surface area contributed by atoms with Crippen molar-refractivity contribution >= 4 is 11.8 Å². The molecule has 0 fully saturated rings. The van der Waals surface area contributed by atoms with Crippen LogP contribution in [-0.2, 0) is 0 Å². The highest BCUT2D eigenvalue weighted by Crippen LogP contribution is 2.15. The van der Waals surface area contributed by atoms with Crippen LogP contribution in [0.25, 0.3) is 0 Å². The third kappa shape index (κ3) is 4.56. The normalized spacial score (nSPS) is 10.0. The molecule has 5 heteroatoms. The molecule has 1 heterocycles. The van der Waals surface area contributed by atoms with Crippen LogP contribution in [0.5, 0.6) is 5.75 Å².